The second-order valence-electron chi connectivity index (χ2n) is 12.0. The number of amides is 2. The largest absolute Gasteiger partial charge is 0.433 e. The standard InChI is InChI=1S/C28H36F3N3O2/c1-26-12-10-21-19(6-9-23-27(21,2)13-11-25(36)34(23)3)20(26)7-5-18(26)14-24(35)33-16-17-4-8-22(32-15-17)28(29,30)31/h4,8,11,13,15,18-21,23H,5-7,9-10,12,14,16H2,1-3H3,(H,33,35)/t18-,19+,20+,21+,23-,26-,27-/m1/s1. The normalized spacial score (nSPS) is 37.8. The molecule has 5 nitrogen and oxygen atoms in total. The van der Waals surface area contributed by atoms with E-state index in [4.69, 9.17) is 0 Å². The van der Waals surface area contributed by atoms with Crippen molar-refractivity contribution in [1.82, 2.24) is 15.2 Å². The number of hydrogen-bond acceptors (Lipinski definition) is 3. The van der Waals surface area contributed by atoms with Crippen LogP contribution in [0.15, 0.2) is 30.5 Å². The van der Waals surface area contributed by atoms with Crippen LogP contribution in [0.25, 0.3) is 0 Å². The summed E-state index contributed by atoms with van der Waals surface area (Å²) < 4.78 is 38.2. The van der Waals surface area contributed by atoms with Gasteiger partial charge in [0.15, 0.2) is 0 Å². The van der Waals surface area contributed by atoms with Crippen LogP contribution in [0.1, 0.15) is 70.1 Å². The van der Waals surface area contributed by atoms with Crippen molar-refractivity contribution in [2.45, 2.75) is 77.6 Å². The predicted molar refractivity (Wildman–Crippen MR) is 129 cm³/mol. The molecule has 2 amide bonds. The molecule has 0 aromatic carbocycles. The number of rotatable bonds is 4. The topological polar surface area (TPSA) is 62.3 Å². The van der Waals surface area contributed by atoms with Gasteiger partial charge in [-0.05, 0) is 85.3 Å². The number of fused-ring (bicyclic) bond motifs is 5. The predicted octanol–water partition coefficient (Wildman–Crippen LogP) is 5.36. The molecular weight excluding hydrogens is 467 g/mol. The molecule has 36 heavy (non-hydrogen) atoms. The Labute approximate surface area is 210 Å². The van der Waals surface area contributed by atoms with Crippen molar-refractivity contribution < 1.29 is 22.8 Å². The Morgan fingerprint density at radius 3 is 2.61 bits per heavy atom. The van der Waals surface area contributed by atoms with Gasteiger partial charge in [-0.25, -0.2) is 0 Å². The van der Waals surface area contributed by atoms with Crippen molar-refractivity contribution >= 4 is 11.8 Å². The Balaban J connectivity index is 1.22. The van der Waals surface area contributed by atoms with E-state index in [-0.39, 0.29) is 35.2 Å². The molecule has 5 rings (SSSR count). The third-order valence-corrected chi connectivity index (χ3v) is 10.4. The van der Waals surface area contributed by atoms with E-state index in [2.05, 4.69) is 30.2 Å². The molecule has 4 aliphatic rings. The number of nitrogens with one attached hydrogen (secondary N) is 1. The van der Waals surface area contributed by atoms with Gasteiger partial charge in [0.2, 0.25) is 11.8 Å². The van der Waals surface area contributed by atoms with E-state index < -0.39 is 11.9 Å². The maximum atomic E-state index is 12.8. The number of nitrogens with zero attached hydrogens (tertiary/aromatic N) is 2. The molecule has 2 heterocycles. The van der Waals surface area contributed by atoms with Crippen molar-refractivity contribution in [2.24, 2.45) is 34.5 Å². The van der Waals surface area contributed by atoms with Crippen molar-refractivity contribution in [3.63, 3.8) is 0 Å². The molecule has 0 bridgehead atoms. The molecule has 196 valence electrons. The summed E-state index contributed by atoms with van der Waals surface area (Å²) in [4.78, 5) is 30.5. The van der Waals surface area contributed by atoms with Crippen LogP contribution >= 0.6 is 0 Å². The Kier molecular flexibility index (Phi) is 6.23. The van der Waals surface area contributed by atoms with Gasteiger partial charge in [-0.3, -0.25) is 14.6 Å². The molecular formula is C28H36F3N3O2. The fourth-order valence-electron chi connectivity index (χ4n) is 8.38. The smallest absolute Gasteiger partial charge is 0.352 e. The summed E-state index contributed by atoms with van der Waals surface area (Å²) in [5.41, 5.74) is -0.236. The Bertz CT molecular complexity index is 1060. The van der Waals surface area contributed by atoms with Gasteiger partial charge in [-0.1, -0.05) is 26.0 Å². The maximum Gasteiger partial charge on any atom is 0.433 e. The van der Waals surface area contributed by atoms with Crippen molar-refractivity contribution in [2.75, 3.05) is 7.05 Å². The first-order valence-corrected chi connectivity index (χ1v) is 13.2. The van der Waals surface area contributed by atoms with E-state index in [1.54, 1.807) is 6.08 Å². The number of aromatic nitrogens is 1. The summed E-state index contributed by atoms with van der Waals surface area (Å²) in [6.07, 6.45) is 7.67. The molecule has 0 radical (unpaired) electrons. The Hall–Kier alpha value is -2.38. The summed E-state index contributed by atoms with van der Waals surface area (Å²) >= 11 is 0. The SMILES string of the molecule is CN1C(=O)C=C[C@]2(C)[C@H]3CC[C@]4(C)[C@@H](CC(=O)NCc5ccc(C(F)(F)F)nc5)CC[C@H]4[C@@H]3CC[C@@H]12. The van der Waals surface area contributed by atoms with Gasteiger partial charge in [0.25, 0.3) is 0 Å². The number of halogens is 3. The summed E-state index contributed by atoms with van der Waals surface area (Å²) in [5.74, 6) is 2.13. The first kappa shape index (κ1) is 25.3. The number of carbonyl (C=O) groups is 2. The lowest BCUT2D eigenvalue weighted by atomic mass is 9.47. The van der Waals surface area contributed by atoms with E-state index in [1.165, 1.54) is 12.3 Å². The highest BCUT2D eigenvalue weighted by molar-refractivity contribution is 5.89. The molecule has 3 saturated carbocycles. The van der Waals surface area contributed by atoms with E-state index in [9.17, 15) is 22.8 Å². The maximum absolute atomic E-state index is 12.8. The lowest BCUT2D eigenvalue weighted by Gasteiger charge is -2.60. The monoisotopic (exact) mass is 503 g/mol. The first-order valence-electron chi connectivity index (χ1n) is 13.2. The second kappa shape index (κ2) is 8.88. The summed E-state index contributed by atoms with van der Waals surface area (Å²) in [6, 6.07) is 2.59. The molecule has 1 aromatic heterocycles. The van der Waals surface area contributed by atoms with Gasteiger partial charge >= 0.3 is 6.18 Å². The molecule has 8 heteroatoms. The van der Waals surface area contributed by atoms with Crippen LogP contribution in [0.4, 0.5) is 13.2 Å². The van der Waals surface area contributed by atoms with E-state index >= 15 is 0 Å². The van der Waals surface area contributed by atoms with Crippen LogP contribution in [-0.4, -0.2) is 34.8 Å². The van der Waals surface area contributed by atoms with E-state index in [0.717, 1.165) is 44.6 Å². The summed E-state index contributed by atoms with van der Waals surface area (Å²) in [7, 11) is 1.94. The minimum absolute atomic E-state index is 0.0120. The molecule has 1 aliphatic heterocycles. The van der Waals surface area contributed by atoms with Crippen molar-refractivity contribution in [3.05, 3.63) is 41.7 Å². The van der Waals surface area contributed by atoms with Crippen LogP contribution in [0, 0.1) is 34.5 Å². The van der Waals surface area contributed by atoms with Crippen LogP contribution < -0.4 is 5.32 Å². The fraction of sp³-hybridized carbons (Fsp3) is 0.679. The van der Waals surface area contributed by atoms with Gasteiger partial charge in [0, 0.05) is 37.7 Å². The van der Waals surface area contributed by atoms with Crippen LogP contribution in [-0.2, 0) is 22.3 Å². The van der Waals surface area contributed by atoms with Gasteiger partial charge < -0.3 is 10.2 Å². The molecule has 7 atom stereocenters. The number of alkyl halides is 3. The van der Waals surface area contributed by atoms with Gasteiger partial charge in [0.1, 0.15) is 5.69 Å². The Morgan fingerprint density at radius 1 is 1.14 bits per heavy atom. The average Bonchev–Trinajstić information content (AvgIpc) is 3.16. The molecule has 1 aromatic rings. The summed E-state index contributed by atoms with van der Waals surface area (Å²) in [5, 5.41) is 2.90. The third-order valence-electron chi connectivity index (χ3n) is 10.4. The van der Waals surface area contributed by atoms with Crippen LogP contribution in [0.5, 0.6) is 0 Å². The minimum Gasteiger partial charge on any atom is -0.352 e. The number of carbonyl (C=O) groups excluding carboxylic acids is 2. The summed E-state index contributed by atoms with van der Waals surface area (Å²) in [6.45, 7) is 4.89. The second-order valence-corrected chi connectivity index (χ2v) is 12.0. The zero-order valence-corrected chi connectivity index (χ0v) is 21.3. The highest BCUT2D eigenvalue weighted by Crippen LogP contribution is 2.65. The Morgan fingerprint density at radius 2 is 1.92 bits per heavy atom. The van der Waals surface area contributed by atoms with Crippen LogP contribution in [0.3, 0.4) is 0 Å². The van der Waals surface area contributed by atoms with Crippen molar-refractivity contribution in [3.8, 4) is 0 Å². The lowest BCUT2D eigenvalue weighted by Crippen LogP contribution is -2.59. The molecule has 3 aliphatic carbocycles. The zero-order chi connectivity index (χ0) is 25.9. The molecule has 0 unspecified atom stereocenters. The van der Waals surface area contributed by atoms with Gasteiger partial charge in [0.05, 0.1) is 0 Å². The molecule has 1 N–H and O–H groups in total. The highest BCUT2D eigenvalue weighted by Gasteiger charge is 2.60. The van der Waals surface area contributed by atoms with Crippen LogP contribution in [0.2, 0.25) is 0 Å². The van der Waals surface area contributed by atoms with Gasteiger partial charge in [-0.2, -0.15) is 13.2 Å². The fourth-order valence-corrected chi connectivity index (χ4v) is 8.38. The quantitative estimate of drug-likeness (QED) is 0.602. The number of pyridine rings is 1. The van der Waals surface area contributed by atoms with E-state index in [0.29, 0.717) is 35.7 Å². The molecule has 0 saturated heterocycles. The number of hydrogen-bond donors (Lipinski definition) is 1. The lowest BCUT2D eigenvalue weighted by molar-refractivity contribution is -0.141. The third kappa shape index (κ3) is 4.14. The minimum atomic E-state index is -4.47. The molecule has 0 spiro atoms. The first-order chi connectivity index (χ1) is 16.9. The average molecular weight is 504 g/mol. The highest BCUT2D eigenvalue weighted by atomic mass is 19.4. The van der Waals surface area contributed by atoms with Crippen molar-refractivity contribution in [1.29, 1.82) is 0 Å². The van der Waals surface area contributed by atoms with E-state index in [1.807, 2.05) is 11.9 Å². The molecule has 3 fully saturated rings. The zero-order valence-electron chi connectivity index (χ0n) is 21.3. The number of likely N-dealkylation sites (N-methyl/N-ethyl adjacent to an activating group) is 1. The van der Waals surface area contributed by atoms with Gasteiger partial charge in [-0.15, -0.1) is 0 Å².